The summed E-state index contributed by atoms with van der Waals surface area (Å²) in [5.41, 5.74) is 0. The van der Waals surface area contributed by atoms with Crippen molar-refractivity contribution in [2.45, 2.75) is 25.8 Å². The molecule has 1 aromatic rings. The first-order chi connectivity index (χ1) is 7.68. The topological polar surface area (TPSA) is 81.4 Å². The molecule has 0 aliphatic heterocycles. The fraction of sp³-hybridized carbons (Fsp3) is 0.500. The number of carboxylic acid groups (broad SMARTS) is 1. The van der Waals surface area contributed by atoms with Gasteiger partial charge in [-0.25, -0.2) is 4.98 Å². The van der Waals surface area contributed by atoms with E-state index in [0.717, 1.165) is 6.54 Å². The molecule has 16 heavy (non-hydrogen) atoms. The van der Waals surface area contributed by atoms with Gasteiger partial charge in [-0.2, -0.15) is 0 Å². The number of aryl methyl sites for hydroxylation is 1. The summed E-state index contributed by atoms with van der Waals surface area (Å²) in [5.74, 6) is -1.46. The molecule has 0 saturated carbocycles. The van der Waals surface area contributed by atoms with Gasteiger partial charge in [0.2, 0.25) is 0 Å². The Kier molecular flexibility index (Phi) is 5.04. The van der Waals surface area contributed by atoms with Crippen LogP contribution in [0.2, 0.25) is 0 Å². The number of carbonyl (C=O) groups is 2. The van der Waals surface area contributed by atoms with E-state index in [1.54, 1.807) is 12.5 Å². The molecule has 0 bridgehead atoms. The second-order valence-electron chi connectivity index (χ2n) is 3.27. The zero-order chi connectivity index (χ0) is 11.8. The van der Waals surface area contributed by atoms with Gasteiger partial charge in [-0.05, 0) is 6.42 Å². The van der Waals surface area contributed by atoms with E-state index in [1.807, 2.05) is 10.8 Å². The molecule has 88 valence electrons. The molecule has 0 aliphatic carbocycles. The predicted molar refractivity (Wildman–Crippen MR) is 54.7 cm³/mol. The van der Waals surface area contributed by atoms with Gasteiger partial charge in [0, 0.05) is 18.9 Å². The monoisotopic (exact) mass is 226 g/mol. The molecule has 0 unspecified atom stereocenters. The molecule has 0 atom stereocenters. The number of esters is 1. The number of carboxylic acids is 1. The molecule has 0 radical (unpaired) electrons. The molecule has 1 N–H and O–H groups in total. The Labute approximate surface area is 92.9 Å². The number of nitrogens with zero attached hydrogens (tertiary/aromatic N) is 2. The minimum Gasteiger partial charge on any atom is -0.481 e. The summed E-state index contributed by atoms with van der Waals surface area (Å²) in [6.07, 6.45) is 5.63. The Morgan fingerprint density at radius 2 is 2.19 bits per heavy atom. The molecule has 0 amide bonds. The van der Waals surface area contributed by atoms with Gasteiger partial charge in [0.15, 0.2) is 0 Å². The van der Waals surface area contributed by atoms with E-state index in [2.05, 4.69) is 4.98 Å². The second-order valence-corrected chi connectivity index (χ2v) is 3.27. The summed E-state index contributed by atoms with van der Waals surface area (Å²) in [5, 5.41) is 8.34. The van der Waals surface area contributed by atoms with Crippen molar-refractivity contribution in [1.29, 1.82) is 0 Å². The van der Waals surface area contributed by atoms with Crippen molar-refractivity contribution in [1.82, 2.24) is 9.55 Å². The highest BCUT2D eigenvalue weighted by Gasteiger charge is 2.05. The first kappa shape index (κ1) is 12.2. The average molecular weight is 226 g/mol. The van der Waals surface area contributed by atoms with Gasteiger partial charge in [0.25, 0.3) is 0 Å². The van der Waals surface area contributed by atoms with Crippen LogP contribution in [-0.2, 0) is 20.9 Å². The van der Waals surface area contributed by atoms with E-state index in [0.29, 0.717) is 13.0 Å². The largest absolute Gasteiger partial charge is 0.481 e. The van der Waals surface area contributed by atoms with Crippen LogP contribution in [0.15, 0.2) is 18.7 Å². The number of hydrogen-bond acceptors (Lipinski definition) is 4. The highest BCUT2D eigenvalue weighted by atomic mass is 16.5. The van der Waals surface area contributed by atoms with Crippen LogP contribution in [0.1, 0.15) is 19.3 Å². The molecular weight excluding hydrogens is 212 g/mol. The quantitative estimate of drug-likeness (QED) is 0.546. The fourth-order valence-electron chi connectivity index (χ4n) is 1.13. The molecule has 0 saturated heterocycles. The maximum Gasteiger partial charge on any atom is 0.306 e. The van der Waals surface area contributed by atoms with Gasteiger partial charge in [-0.15, -0.1) is 0 Å². The van der Waals surface area contributed by atoms with Crippen LogP contribution in [0.4, 0.5) is 0 Å². The third-order valence-corrected chi connectivity index (χ3v) is 1.93. The van der Waals surface area contributed by atoms with Crippen molar-refractivity contribution in [3.63, 3.8) is 0 Å². The molecule has 0 fully saturated rings. The third kappa shape index (κ3) is 5.14. The van der Waals surface area contributed by atoms with Gasteiger partial charge in [-0.3, -0.25) is 9.59 Å². The number of aliphatic carboxylic acids is 1. The lowest BCUT2D eigenvalue weighted by atomic mass is 10.3. The Bertz CT molecular complexity index is 335. The number of rotatable bonds is 7. The van der Waals surface area contributed by atoms with Gasteiger partial charge in [0.1, 0.15) is 0 Å². The van der Waals surface area contributed by atoms with Crippen molar-refractivity contribution in [2.75, 3.05) is 6.61 Å². The zero-order valence-electron chi connectivity index (χ0n) is 8.83. The van der Waals surface area contributed by atoms with E-state index in [1.165, 1.54) is 0 Å². The van der Waals surface area contributed by atoms with Crippen molar-refractivity contribution in [2.24, 2.45) is 0 Å². The maximum atomic E-state index is 11.0. The minimum atomic E-state index is -0.990. The van der Waals surface area contributed by atoms with E-state index < -0.39 is 11.9 Å². The van der Waals surface area contributed by atoms with E-state index in [-0.39, 0.29) is 12.8 Å². The third-order valence-electron chi connectivity index (χ3n) is 1.93. The predicted octanol–water partition coefficient (Wildman–Crippen LogP) is 0.681. The van der Waals surface area contributed by atoms with Crippen LogP contribution in [0.3, 0.4) is 0 Å². The number of hydrogen-bond donors (Lipinski definition) is 1. The first-order valence-electron chi connectivity index (χ1n) is 5.01. The zero-order valence-corrected chi connectivity index (χ0v) is 8.83. The highest BCUT2D eigenvalue weighted by molar-refractivity contribution is 5.76. The molecule has 0 spiro atoms. The van der Waals surface area contributed by atoms with Crippen LogP contribution in [-0.4, -0.2) is 33.2 Å². The summed E-state index contributed by atoms with van der Waals surface area (Å²) < 4.78 is 6.73. The molecule has 6 heteroatoms. The molecule has 6 nitrogen and oxygen atoms in total. The number of imidazole rings is 1. The molecule has 0 aliphatic rings. The van der Waals surface area contributed by atoms with Gasteiger partial charge in [-0.1, -0.05) is 0 Å². The van der Waals surface area contributed by atoms with Crippen LogP contribution in [0, 0.1) is 0 Å². The summed E-state index contributed by atoms with van der Waals surface area (Å²) in [6.45, 7) is 1.03. The van der Waals surface area contributed by atoms with Crippen molar-refractivity contribution >= 4 is 11.9 Å². The minimum absolute atomic E-state index is 0.0690. The van der Waals surface area contributed by atoms with Crippen molar-refractivity contribution < 1.29 is 19.4 Å². The summed E-state index contributed by atoms with van der Waals surface area (Å²) >= 11 is 0. The molecular formula is C10H14N2O4. The SMILES string of the molecule is O=C(O)CCC(=O)OCCCn1ccnc1. The highest BCUT2D eigenvalue weighted by Crippen LogP contribution is 1.96. The maximum absolute atomic E-state index is 11.0. The normalized spacial score (nSPS) is 10.0. The lowest BCUT2D eigenvalue weighted by molar-refractivity contribution is -0.147. The number of ether oxygens (including phenoxy) is 1. The Morgan fingerprint density at radius 3 is 2.81 bits per heavy atom. The fourth-order valence-corrected chi connectivity index (χ4v) is 1.13. The molecule has 0 aromatic carbocycles. The summed E-state index contributed by atoms with van der Waals surface area (Å²) in [4.78, 5) is 25.1. The van der Waals surface area contributed by atoms with Crippen LogP contribution >= 0.6 is 0 Å². The van der Waals surface area contributed by atoms with Crippen molar-refractivity contribution in [3.05, 3.63) is 18.7 Å². The van der Waals surface area contributed by atoms with E-state index in [4.69, 9.17) is 9.84 Å². The van der Waals surface area contributed by atoms with Gasteiger partial charge < -0.3 is 14.4 Å². The van der Waals surface area contributed by atoms with Crippen LogP contribution < -0.4 is 0 Å². The summed E-state index contributed by atoms with van der Waals surface area (Å²) in [6, 6.07) is 0. The van der Waals surface area contributed by atoms with E-state index >= 15 is 0 Å². The Balaban J connectivity index is 2.02. The van der Waals surface area contributed by atoms with Gasteiger partial charge in [0.05, 0.1) is 25.8 Å². The number of aromatic nitrogens is 2. The Hall–Kier alpha value is -1.85. The lowest BCUT2D eigenvalue weighted by Crippen LogP contribution is -2.09. The van der Waals surface area contributed by atoms with Crippen LogP contribution in [0.25, 0.3) is 0 Å². The summed E-state index contributed by atoms with van der Waals surface area (Å²) in [7, 11) is 0. The van der Waals surface area contributed by atoms with Gasteiger partial charge >= 0.3 is 11.9 Å². The van der Waals surface area contributed by atoms with Crippen LogP contribution in [0.5, 0.6) is 0 Å². The molecule has 1 aromatic heterocycles. The molecule has 1 heterocycles. The average Bonchev–Trinajstić information content (AvgIpc) is 2.74. The Morgan fingerprint density at radius 1 is 1.38 bits per heavy atom. The standard InChI is InChI=1S/C10H14N2O4/c13-9(14)2-3-10(15)16-7-1-5-12-6-4-11-8-12/h4,6,8H,1-3,5,7H2,(H,13,14). The first-order valence-corrected chi connectivity index (χ1v) is 5.01. The van der Waals surface area contributed by atoms with Crippen molar-refractivity contribution in [3.8, 4) is 0 Å². The lowest BCUT2D eigenvalue weighted by Gasteiger charge is -2.04. The number of carbonyl (C=O) groups excluding carboxylic acids is 1. The smallest absolute Gasteiger partial charge is 0.306 e. The van der Waals surface area contributed by atoms with E-state index in [9.17, 15) is 9.59 Å². The molecule has 1 rings (SSSR count). The second kappa shape index (κ2) is 6.60.